The summed E-state index contributed by atoms with van der Waals surface area (Å²) in [5.41, 5.74) is 3.41. The van der Waals surface area contributed by atoms with Crippen LogP contribution in [0.25, 0.3) is 10.9 Å². The molecule has 2 aromatic heterocycles. The smallest absolute Gasteiger partial charge is 0.147 e. The number of aromatic nitrogens is 2. The predicted octanol–water partition coefficient (Wildman–Crippen LogP) is 5.63. The van der Waals surface area contributed by atoms with Gasteiger partial charge in [0.2, 0.25) is 0 Å². The van der Waals surface area contributed by atoms with Crippen LogP contribution in [0.3, 0.4) is 0 Å². The maximum atomic E-state index is 11.0. The number of rotatable bonds is 6. The van der Waals surface area contributed by atoms with Gasteiger partial charge in [-0.3, -0.25) is 4.98 Å². The number of hydrogen-bond donors (Lipinski definition) is 2. The molecule has 0 saturated carbocycles. The minimum Gasteiger partial charge on any atom is -0.505 e. The molecule has 0 aliphatic rings. The van der Waals surface area contributed by atoms with Gasteiger partial charge in [-0.1, -0.05) is 30.3 Å². The summed E-state index contributed by atoms with van der Waals surface area (Å²) >= 11 is 0. The van der Waals surface area contributed by atoms with Crippen LogP contribution in [0.5, 0.6) is 11.5 Å². The molecule has 0 unspecified atom stereocenters. The number of anilines is 1. The highest BCUT2D eigenvalue weighted by molar-refractivity contribution is 5.86. The van der Waals surface area contributed by atoms with E-state index in [-0.39, 0.29) is 17.9 Å². The topological polar surface area (TPSA) is 67.3 Å². The lowest BCUT2D eigenvalue weighted by molar-refractivity contribution is 0.242. The van der Waals surface area contributed by atoms with Gasteiger partial charge < -0.3 is 15.2 Å². The molecule has 2 N–H and O–H groups in total. The van der Waals surface area contributed by atoms with Crippen LogP contribution >= 0.6 is 0 Å². The van der Waals surface area contributed by atoms with Gasteiger partial charge in [-0.05, 0) is 62.2 Å². The van der Waals surface area contributed by atoms with Crippen molar-refractivity contribution in [3.63, 3.8) is 0 Å². The van der Waals surface area contributed by atoms with E-state index in [0.717, 1.165) is 33.6 Å². The Kier molecular flexibility index (Phi) is 5.53. The Morgan fingerprint density at radius 3 is 2.47 bits per heavy atom. The minimum absolute atomic E-state index is 0.108. The van der Waals surface area contributed by atoms with Crippen molar-refractivity contribution in [2.24, 2.45) is 0 Å². The molecule has 0 fully saturated rings. The molecule has 4 rings (SSSR count). The molecule has 2 heterocycles. The number of pyridine rings is 2. The van der Waals surface area contributed by atoms with E-state index >= 15 is 0 Å². The van der Waals surface area contributed by atoms with E-state index < -0.39 is 0 Å². The normalized spacial score (nSPS) is 12.1. The van der Waals surface area contributed by atoms with Crippen molar-refractivity contribution >= 4 is 16.7 Å². The second-order valence-electron chi connectivity index (χ2n) is 7.61. The quantitative estimate of drug-likeness (QED) is 0.440. The van der Waals surface area contributed by atoms with Gasteiger partial charge in [0.05, 0.1) is 12.1 Å². The molecule has 0 spiro atoms. The van der Waals surface area contributed by atoms with E-state index in [1.165, 1.54) is 0 Å². The van der Waals surface area contributed by atoms with Crippen LogP contribution in [-0.4, -0.2) is 21.2 Å². The van der Waals surface area contributed by atoms with Crippen molar-refractivity contribution in [2.75, 3.05) is 5.32 Å². The number of ether oxygens (including phenoxy) is 1. The lowest BCUT2D eigenvalue weighted by atomic mass is 9.96. The largest absolute Gasteiger partial charge is 0.505 e. The molecule has 152 valence electrons. The van der Waals surface area contributed by atoms with Gasteiger partial charge in [0.15, 0.2) is 0 Å². The number of aromatic hydroxyl groups is 1. The van der Waals surface area contributed by atoms with Crippen molar-refractivity contribution < 1.29 is 9.84 Å². The Morgan fingerprint density at radius 1 is 0.933 bits per heavy atom. The zero-order valence-corrected chi connectivity index (χ0v) is 17.3. The Balaban J connectivity index is 1.78. The van der Waals surface area contributed by atoms with Gasteiger partial charge in [0.25, 0.3) is 0 Å². The maximum Gasteiger partial charge on any atom is 0.147 e. The predicted molar refractivity (Wildman–Crippen MR) is 120 cm³/mol. The van der Waals surface area contributed by atoms with Crippen LogP contribution in [0.1, 0.15) is 36.6 Å². The highest BCUT2D eigenvalue weighted by atomic mass is 16.5. The number of nitrogens with zero attached hydrogens (tertiary/aromatic N) is 2. The summed E-state index contributed by atoms with van der Waals surface area (Å²) in [4.78, 5) is 8.82. The molecule has 0 aliphatic heterocycles. The number of fused-ring (bicyclic) bond motifs is 1. The van der Waals surface area contributed by atoms with E-state index in [1.54, 1.807) is 12.4 Å². The lowest BCUT2D eigenvalue weighted by Gasteiger charge is -2.22. The fourth-order valence-electron chi connectivity index (χ4n) is 3.49. The van der Waals surface area contributed by atoms with Crippen LogP contribution in [0, 0.1) is 6.92 Å². The van der Waals surface area contributed by atoms with Crippen LogP contribution in [-0.2, 0) is 0 Å². The summed E-state index contributed by atoms with van der Waals surface area (Å²) in [6.45, 7) is 6.03. The third kappa shape index (κ3) is 4.20. The molecule has 0 aliphatic carbocycles. The molecule has 30 heavy (non-hydrogen) atoms. The molecule has 0 amide bonds. The fourth-order valence-corrected chi connectivity index (χ4v) is 3.49. The number of benzene rings is 2. The Labute approximate surface area is 176 Å². The zero-order chi connectivity index (χ0) is 21.1. The molecule has 2 aromatic carbocycles. The summed E-state index contributed by atoms with van der Waals surface area (Å²) in [6.07, 6.45) is 3.57. The summed E-state index contributed by atoms with van der Waals surface area (Å²) in [5.74, 6) is 1.72. The lowest BCUT2D eigenvalue weighted by Crippen LogP contribution is -2.14. The Morgan fingerprint density at radius 2 is 1.73 bits per heavy atom. The number of nitrogens with one attached hydrogen (secondary N) is 1. The van der Waals surface area contributed by atoms with Gasteiger partial charge in [0, 0.05) is 23.3 Å². The minimum atomic E-state index is -0.307. The highest BCUT2D eigenvalue weighted by Gasteiger charge is 2.20. The van der Waals surface area contributed by atoms with Crippen molar-refractivity contribution in [1.82, 2.24) is 9.97 Å². The number of phenolic OH excluding ortho intramolecular Hbond substituents is 1. The maximum absolute atomic E-state index is 11.0. The van der Waals surface area contributed by atoms with Gasteiger partial charge in [-0.15, -0.1) is 0 Å². The van der Waals surface area contributed by atoms with Gasteiger partial charge in [-0.25, -0.2) is 4.98 Å². The zero-order valence-electron chi connectivity index (χ0n) is 17.3. The molecule has 0 radical (unpaired) electrons. The highest BCUT2D eigenvalue weighted by Crippen LogP contribution is 2.36. The summed E-state index contributed by atoms with van der Waals surface area (Å²) < 4.78 is 5.78. The standard InChI is InChI=1S/C25H25N3O2/c1-16(2)30-20-9-6-19(7-10-20)23(28-22-15-17(3)12-14-26-22)21-11-8-18-5-4-13-27-24(18)25(21)29/h4-16,23,29H,1-3H3,(H,26,28)/t23-/m0/s1. The first-order chi connectivity index (χ1) is 14.5. The summed E-state index contributed by atoms with van der Waals surface area (Å²) in [6, 6.07) is 19.3. The first-order valence-electron chi connectivity index (χ1n) is 10.0. The fraction of sp³-hybridized carbons (Fsp3) is 0.200. The Hall–Kier alpha value is -3.60. The first kappa shape index (κ1) is 19.7. The second kappa shape index (κ2) is 8.41. The molecule has 4 aromatic rings. The number of aryl methyl sites for hydroxylation is 1. The molecular formula is C25H25N3O2. The average molecular weight is 399 g/mol. The van der Waals surface area contributed by atoms with Crippen LogP contribution in [0.4, 0.5) is 5.82 Å². The summed E-state index contributed by atoms with van der Waals surface area (Å²) in [5, 5.41) is 15.4. The third-order valence-electron chi connectivity index (χ3n) is 4.88. The van der Waals surface area contributed by atoms with Crippen LogP contribution in [0.2, 0.25) is 0 Å². The molecule has 1 atom stereocenters. The van der Waals surface area contributed by atoms with Gasteiger partial charge in [-0.2, -0.15) is 0 Å². The van der Waals surface area contributed by atoms with Gasteiger partial charge in [0.1, 0.15) is 22.8 Å². The van der Waals surface area contributed by atoms with Gasteiger partial charge >= 0.3 is 0 Å². The number of hydrogen-bond acceptors (Lipinski definition) is 5. The van der Waals surface area contributed by atoms with Crippen LogP contribution < -0.4 is 10.1 Å². The summed E-state index contributed by atoms with van der Waals surface area (Å²) in [7, 11) is 0. The SMILES string of the molecule is Cc1ccnc(N[C@@H](c2ccc(OC(C)C)cc2)c2ccc3cccnc3c2O)c1. The second-order valence-corrected chi connectivity index (χ2v) is 7.61. The number of phenols is 1. The first-order valence-corrected chi connectivity index (χ1v) is 10.0. The van der Waals surface area contributed by atoms with E-state index in [4.69, 9.17) is 4.74 Å². The van der Waals surface area contributed by atoms with E-state index in [1.807, 2.05) is 81.4 Å². The van der Waals surface area contributed by atoms with Crippen molar-refractivity contribution in [1.29, 1.82) is 0 Å². The Bertz CT molecular complexity index is 1160. The monoisotopic (exact) mass is 399 g/mol. The van der Waals surface area contributed by atoms with E-state index in [0.29, 0.717) is 5.52 Å². The van der Waals surface area contributed by atoms with Crippen molar-refractivity contribution in [3.8, 4) is 11.5 Å². The third-order valence-corrected chi connectivity index (χ3v) is 4.88. The van der Waals surface area contributed by atoms with Crippen molar-refractivity contribution in [2.45, 2.75) is 32.9 Å². The van der Waals surface area contributed by atoms with E-state index in [9.17, 15) is 5.11 Å². The molecule has 0 saturated heterocycles. The van der Waals surface area contributed by atoms with Crippen LogP contribution in [0.15, 0.2) is 73.1 Å². The van der Waals surface area contributed by atoms with E-state index in [2.05, 4.69) is 15.3 Å². The molecule has 0 bridgehead atoms. The molecule has 5 nitrogen and oxygen atoms in total. The van der Waals surface area contributed by atoms with Crippen molar-refractivity contribution in [3.05, 3.63) is 89.7 Å². The molecular weight excluding hydrogens is 374 g/mol. The molecule has 5 heteroatoms. The average Bonchev–Trinajstić information content (AvgIpc) is 2.73.